The fourth-order valence-electron chi connectivity index (χ4n) is 0.869. The third kappa shape index (κ3) is 1.72. The van der Waals surface area contributed by atoms with Crippen LogP contribution >= 0.6 is 0 Å². The van der Waals surface area contributed by atoms with Gasteiger partial charge < -0.3 is 11.1 Å². The Morgan fingerprint density at radius 1 is 1.67 bits per heavy atom. The van der Waals surface area contributed by atoms with E-state index in [4.69, 9.17) is 5.73 Å². The third-order valence-corrected chi connectivity index (χ3v) is 1.49. The van der Waals surface area contributed by atoms with Crippen molar-refractivity contribution in [3.8, 4) is 0 Å². The van der Waals surface area contributed by atoms with Crippen molar-refractivity contribution in [1.82, 2.24) is 4.98 Å². The van der Waals surface area contributed by atoms with E-state index in [1.165, 1.54) is 0 Å². The quantitative estimate of drug-likeness (QED) is 0.634. The largest absolute Gasteiger partial charge is 0.397 e. The first-order valence-corrected chi connectivity index (χ1v) is 3.63. The van der Waals surface area contributed by atoms with Gasteiger partial charge >= 0.3 is 0 Å². The summed E-state index contributed by atoms with van der Waals surface area (Å²) in [6.07, 6.45) is 3.32. The van der Waals surface area contributed by atoms with E-state index in [2.05, 4.69) is 15.3 Å². The lowest BCUT2D eigenvalue weighted by Gasteiger charge is -2.02. The number of anilines is 2. The first kappa shape index (κ1) is 8.52. The van der Waals surface area contributed by atoms with Crippen molar-refractivity contribution in [2.24, 2.45) is 4.99 Å². The molecule has 12 heavy (non-hydrogen) atoms. The normalized spacial score (nSPS) is 10.5. The fourth-order valence-corrected chi connectivity index (χ4v) is 0.869. The molecule has 0 amide bonds. The maximum atomic E-state index is 5.65. The van der Waals surface area contributed by atoms with Gasteiger partial charge in [0.1, 0.15) is 5.82 Å². The zero-order valence-electron chi connectivity index (χ0n) is 7.20. The lowest BCUT2D eigenvalue weighted by Crippen LogP contribution is -1.98. The van der Waals surface area contributed by atoms with Crippen molar-refractivity contribution in [2.45, 2.75) is 0 Å². The second kappa shape index (κ2) is 3.71. The average molecular weight is 164 g/mol. The molecule has 0 aliphatic carbocycles. The zero-order valence-corrected chi connectivity index (χ0v) is 7.20. The standard InChI is InChI=1S/C8H12N4/c1-10-4-6-3-8(11-2)12-5-7(6)9/h3-5H,9H2,1-2H3,(H,11,12). The van der Waals surface area contributed by atoms with Crippen LogP contribution in [0.5, 0.6) is 0 Å². The van der Waals surface area contributed by atoms with E-state index < -0.39 is 0 Å². The highest BCUT2D eigenvalue weighted by Gasteiger charge is 1.97. The molecule has 1 heterocycles. The van der Waals surface area contributed by atoms with Crippen molar-refractivity contribution in [2.75, 3.05) is 25.1 Å². The van der Waals surface area contributed by atoms with Crippen LogP contribution in [0.25, 0.3) is 0 Å². The van der Waals surface area contributed by atoms with Gasteiger partial charge in [-0.3, -0.25) is 4.99 Å². The smallest absolute Gasteiger partial charge is 0.126 e. The summed E-state index contributed by atoms with van der Waals surface area (Å²) in [6.45, 7) is 0. The lowest BCUT2D eigenvalue weighted by molar-refractivity contribution is 1.28. The predicted molar refractivity (Wildman–Crippen MR) is 51.7 cm³/mol. The fraction of sp³-hybridized carbons (Fsp3) is 0.250. The summed E-state index contributed by atoms with van der Waals surface area (Å²) in [5.41, 5.74) is 7.17. The number of nitrogens with two attached hydrogens (primary N) is 1. The maximum Gasteiger partial charge on any atom is 0.126 e. The molecule has 1 aromatic heterocycles. The molecule has 0 unspecified atom stereocenters. The van der Waals surface area contributed by atoms with Gasteiger partial charge in [0, 0.05) is 25.9 Å². The molecule has 4 nitrogen and oxygen atoms in total. The minimum Gasteiger partial charge on any atom is -0.397 e. The Hall–Kier alpha value is -1.58. The van der Waals surface area contributed by atoms with Gasteiger partial charge in [-0.1, -0.05) is 0 Å². The van der Waals surface area contributed by atoms with E-state index >= 15 is 0 Å². The van der Waals surface area contributed by atoms with Crippen LogP contribution in [0.3, 0.4) is 0 Å². The first-order chi connectivity index (χ1) is 5.77. The van der Waals surface area contributed by atoms with Crippen molar-refractivity contribution >= 4 is 17.7 Å². The van der Waals surface area contributed by atoms with Gasteiger partial charge in [-0.2, -0.15) is 0 Å². The Kier molecular flexibility index (Phi) is 2.63. The topological polar surface area (TPSA) is 63.3 Å². The summed E-state index contributed by atoms with van der Waals surface area (Å²) in [7, 11) is 3.52. The third-order valence-electron chi connectivity index (χ3n) is 1.49. The Morgan fingerprint density at radius 2 is 2.42 bits per heavy atom. The molecule has 0 saturated heterocycles. The molecule has 0 aliphatic rings. The van der Waals surface area contributed by atoms with Crippen molar-refractivity contribution in [3.63, 3.8) is 0 Å². The van der Waals surface area contributed by atoms with Crippen LogP contribution in [0.15, 0.2) is 17.3 Å². The van der Waals surface area contributed by atoms with Gasteiger partial charge in [-0.25, -0.2) is 4.98 Å². The number of hydrogen-bond acceptors (Lipinski definition) is 4. The van der Waals surface area contributed by atoms with Gasteiger partial charge in [0.05, 0.1) is 11.9 Å². The minimum absolute atomic E-state index is 0.639. The van der Waals surface area contributed by atoms with E-state index in [0.717, 1.165) is 11.4 Å². The molecule has 1 rings (SSSR count). The summed E-state index contributed by atoms with van der Waals surface area (Å²) in [6, 6.07) is 1.85. The summed E-state index contributed by atoms with van der Waals surface area (Å²) in [4.78, 5) is 7.92. The molecule has 0 bridgehead atoms. The van der Waals surface area contributed by atoms with Crippen LogP contribution < -0.4 is 11.1 Å². The highest BCUT2D eigenvalue weighted by molar-refractivity contribution is 5.87. The molecule has 3 N–H and O–H groups in total. The Bertz CT molecular complexity index is 293. The zero-order chi connectivity index (χ0) is 8.97. The van der Waals surface area contributed by atoms with Gasteiger partial charge in [-0.05, 0) is 6.07 Å². The molecule has 0 aliphatic heterocycles. The predicted octanol–water partition coefficient (Wildman–Crippen LogP) is 0.754. The number of nitrogen functional groups attached to an aromatic ring is 1. The SMILES string of the molecule is CN=Cc1cc(NC)ncc1N. The highest BCUT2D eigenvalue weighted by Crippen LogP contribution is 2.11. The molecule has 0 fully saturated rings. The van der Waals surface area contributed by atoms with Crippen LogP contribution in [-0.4, -0.2) is 25.3 Å². The van der Waals surface area contributed by atoms with Crippen LogP contribution in [0, 0.1) is 0 Å². The number of aliphatic imine (C=N–C) groups is 1. The maximum absolute atomic E-state index is 5.65. The second-order valence-electron chi connectivity index (χ2n) is 2.34. The Balaban J connectivity index is 3.08. The van der Waals surface area contributed by atoms with Crippen LogP contribution in [0.2, 0.25) is 0 Å². The number of nitrogens with one attached hydrogen (secondary N) is 1. The van der Waals surface area contributed by atoms with Crippen LogP contribution in [0.4, 0.5) is 11.5 Å². The molecule has 0 saturated carbocycles. The average Bonchev–Trinajstić information content (AvgIpc) is 2.09. The number of rotatable bonds is 2. The summed E-state index contributed by atoms with van der Waals surface area (Å²) < 4.78 is 0. The Morgan fingerprint density at radius 3 is 3.00 bits per heavy atom. The molecule has 1 aromatic rings. The molecule has 0 aromatic carbocycles. The summed E-state index contributed by atoms with van der Waals surface area (Å²) in [5, 5.41) is 2.92. The summed E-state index contributed by atoms with van der Waals surface area (Å²) in [5.74, 6) is 0.791. The molecule has 64 valence electrons. The second-order valence-corrected chi connectivity index (χ2v) is 2.34. The molecule has 0 radical (unpaired) electrons. The number of nitrogens with zero attached hydrogens (tertiary/aromatic N) is 2. The number of pyridine rings is 1. The van der Waals surface area contributed by atoms with Gasteiger partial charge in [-0.15, -0.1) is 0 Å². The van der Waals surface area contributed by atoms with E-state index in [9.17, 15) is 0 Å². The van der Waals surface area contributed by atoms with E-state index in [0.29, 0.717) is 5.69 Å². The highest BCUT2D eigenvalue weighted by atomic mass is 15.0. The van der Waals surface area contributed by atoms with E-state index in [1.807, 2.05) is 13.1 Å². The molecular weight excluding hydrogens is 152 g/mol. The van der Waals surface area contributed by atoms with Crippen LogP contribution in [-0.2, 0) is 0 Å². The van der Waals surface area contributed by atoms with Crippen molar-refractivity contribution in [3.05, 3.63) is 17.8 Å². The van der Waals surface area contributed by atoms with Crippen molar-refractivity contribution in [1.29, 1.82) is 0 Å². The van der Waals surface area contributed by atoms with Gasteiger partial charge in [0.25, 0.3) is 0 Å². The monoisotopic (exact) mass is 164 g/mol. The summed E-state index contributed by atoms with van der Waals surface area (Å²) >= 11 is 0. The van der Waals surface area contributed by atoms with Gasteiger partial charge in [0.15, 0.2) is 0 Å². The first-order valence-electron chi connectivity index (χ1n) is 3.63. The van der Waals surface area contributed by atoms with E-state index in [-0.39, 0.29) is 0 Å². The minimum atomic E-state index is 0.639. The molecular formula is C8H12N4. The molecule has 0 atom stereocenters. The van der Waals surface area contributed by atoms with E-state index in [1.54, 1.807) is 19.5 Å². The van der Waals surface area contributed by atoms with Gasteiger partial charge in [0.2, 0.25) is 0 Å². The number of aromatic nitrogens is 1. The Labute approximate surface area is 71.5 Å². The van der Waals surface area contributed by atoms with Crippen LogP contribution in [0.1, 0.15) is 5.56 Å². The molecule has 0 spiro atoms. The van der Waals surface area contributed by atoms with Crippen molar-refractivity contribution < 1.29 is 0 Å². The molecule has 4 heteroatoms. The lowest BCUT2D eigenvalue weighted by atomic mass is 10.2. The number of hydrogen-bond donors (Lipinski definition) is 2.